The fourth-order valence-corrected chi connectivity index (χ4v) is 11.0. The van der Waals surface area contributed by atoms with Crippen molar-refractivity contribution in [1.82, 2.24) is 0 Å². The molecule has 194 valence electrons. The zero-order chi connectivity index (χ0) is 25.1. The molecule has 3 unspecified atom stereocenters. The van der Waals surface area contributed by atoms with Crippen LogP contribution in [0.4, 0.5) is 0 Å². The number of Topliss-reactive ketones (excluding diaryl/α,β-unsaturated/α-hetero) is 1. The van der Waals surface area contributed by atoms with Gasteiger partial charge in [-0.05, 0) is 112 Å². The van der Waals surface area contributed by atoms with E-state index < -0.39 is 5.60 Å². The third kappa shape index (κ3) is 3.09. The molecule has 0 aromatic rings. The predicted molar refractivity (Wildman–Crippen MR) is 134 cm³/mol. The van der Waals surface area contributed by atoms with Gasteiger partial charge < -0.3 is 14.9 Å². The predicted octanol–water partition coefficient (Wildman–Crippen LogP) is 5.92. The highest BCUT2D eigenvalue weighted by molar-refractivity contribution is 5.85. The molecule has 4 nitrogen and oxygen atoms in total. The van der Waals surface area contributed by atoms with Crippen LogP contribution in [0.25, 0.3) is 0 Å². The van der Waals surface area contributed by atoms with Crippen LogP contribution in [0.5, 0.6) is 0 Å². The highest BCUT2D eigenvalue weighted by atomic mass is 16.5. The van der Waals surface area contributed by atoms with Crippen LogP contribution < -0.4 is 0 Å². The fourth-order valence-electron chi connectivity index (χ4n) is 11.0. The first-order chi connectivity index (χ1) is 15.5. The Morgan fingerprint density at radius 3 is 2.15 bits per heavy atom. The second kappa shape index (κ2) is 7.32. The molecule has 1 heterocycles. The highest BCUT2D eigenvalue weighted by Crippen LogP contribution is 2.75. The Kier molecular flexibility index (Phi) is 5.42. The van der Waals surface area contributed by atoms with Crippen molar-refractivity contribution in [3.05, 3.63) is 0 Å². The van der Waals surface area contributed by atoms with Crippen molar-refractivity contribution in [3.63, 3.8) is 0 Å². The van der Waals surface area contributed by atoms with Crippen LogP contribution >= 0.6 is 0 Å². The second-order valence-electron chi connectivity index (χ2n) is 15.2. The summed E-state index contributed by atoms with van der Waals surface area (Å²) in [5.41, 5.74) is -1.09. The lowest BCUT2D eigenvalue weighted by Crippen LogP contribution is -2.67. The van der Waals surface area contributed by atoms with E-state index in [9.17, 15) is 15.0 Å². The van der Waals surface area contributed by atoms with Crippen molar-refractivity contribution in [2.75, 3.05) is 0 Å². The van der Waals surface area contributed by atoms with E-state index in [1.807, 2.05) is 13.8 Å². The monoisotopic (exact) mass is 474 g/mol. The van der Waals surface area contributed by atoms with Crippen LogP contribution in [-0.2, 0) is 9.53 Å². The zero-order valence-corrected chi connectivity index (χ0v) is 23.0. The molecule has 4 heteroatoms. The summed E-state index contributed by atoms with van der Waals surface area (Å²) < 4.78 is 6.67. The average molecular weight is 475 g/mol. The van der Waals surface area contributed by atoms with Gasteiger partial charge in [0.15, 0.2) is 0 Å². The molecule has 34 heavy (non-hydrogen) atoms. The number of ether oxygens (including phenoxy) is 1. The lowest BCUT2D eigenvalue weighted by atomic mass is 9.35. The third-order valence-electron chi connectivity index (χ3n) is 13.0. The summed E-state index contributed by atoms with van der Waals surface area (Å²) in [5.74, 6) is 1.88. The van der Waals surface area contributed by atoms with E-state index in [1.165, 1.54) is 6.42 Å². The molecule has 0 bridgehead atoms. The Balaban J connectivity index is 1.49. The second-order valence-corrected chi connectivity index (χ2v) is 15.2. The molecule has 1 aliphatic heterocycles. The number of carbonyl (C=O) groups excluding carboxylic acids is 1. The molecule has 10 atom stereocenters. The van der Waals surface area contributed by atoms with E-state index in [1.54, 1.807) is 0 Å². The van der Waals surface area contributed by atoms with Gasteiger partial charge in [0.1, 0.15) is 5.78 Å². The number of aliphatic hydroxyl groups is 2. The molecule has 0 amide bonds. The van der Waals surface area contributed by atoms with Crippen LogP contribution in [0.15, 0.2) is 0 Å². The average Bonchev–Trinajstić information content (AvgIpc) is 3.27. The fraction of sp³-hybridized carbons (Fsp3) is 0.967. The molecule has 5 fully saturated rings. The summed E-state index contributed by atoms with van der Waals surface area (Å²) >= 11 is 0. The summed E-state index contributed by atoms with van der Waals surface area (Å²) in [6.07, 6.45) is 8.44. The Morgan fingerprint density at radius 2 is 1.53 bits per heavy atom. The summed E-state index contributed by atoms with van der Waals surface area (Å²) in [6, 6.07) is 0. The Hall–Kier alpha value is -0.450. The number of aliphatic hydroxyl groups excluding tert-OH is 1. The number of carbonyl (C=O) groups is 1. The molecule has 1 saturated heterocycles. The summed E-state index contributed by atoms with van der Waals surface area (Å²) in [6.45, 7) is 17.8. The van der Waals surface area contributed by atoms with Crippen LogP contribution in [0.2, 0.25) is 0 Å². The van der Waals surface area contributed by atoms with Gasteiger partial charge in [0.05, 0.1) is 23.4 Å². The lowest BCUT2D eigenvalue weighted by Gasteiger charge is -2.70. The molecule has 5 aliphatic rings. The molecule has 2 N–H and O–H groups in total. The molecule has 4 saturated carbocycles. The van der Waals surface area contributed by atoms with Crippen LogP contribution in [0, 0.1) is 45.3 Å². The van der Waals surface area contributed by atoms with Crippen LogP contribution in [0.1, 0.15) is 113 Å². The maximum Gasteiger partial charge on any atom is 0.138 e. The van der Waals surface area contributed by atoms with E-state index >= 15 is 0 Å². The van der Waals surface area contributed by atoms with Gasteiger partial charge in [-0.2, -0.15) is 0 Å². The van der Waals surface area contributed by atoms with Crippen molar-refractivity contribution < 1.29 is 19.7 Å². The quantitative estimate of drug-likeness (QED) is 0.521. The van der Waals surface area contributed by atoms with Gasteiger partial charge >= 0.3 is 0 Å². The van der Waals surface area contributed by atoms with E-state index in [4.69, 9.17) is 4.74 Å². The lowest BCUT2D eigenvalue weighted by molar-refractivity contribution is -0.243. The van der Waals surface area contributed by atoms with Gasteiger partial charge in [0.2, 0.25) is 0 Å². The molecule has 0 spiro atoms. The van der Waals surface area contributed by atoms with Gasteiger partial charge in [-0.3, -0.25) is 4.79 Å². The van der Waals surface area contributed by atoms with E-state index in [0.29, 0.717) is 30.0 Å². The number of ketones is 1. The first-order valence-electron chi connectivity index (χ1n) is 14.1. The summed E-state index contributed by atoms with van der Waals surface area (Å²) in [7, 11) is 0. The normalized spacial score (nSPS) is 54.9. The van der Waals surface area contributed by atoms with Crippen molar-refractivity contribution in [1.29, 1.82) is 0 Å². The summed E-state index contributed by atoms with van der Waals surface area (Å²) in [4.78, 5) is 12.9. The Morgan fingerprint density at radius 1 is 0.882 bits per heavy atom. The van der Waals surface area contributed by atoms with Crippen LogP contribution in [0.3, 0.4) is 0 Å². The van der Waals surface area contributed by atoms with Crippen molar-refractivity contribution in [3.8, 4) is 0 Å². The molecular formula is C30H50O4. The van der Waals surface area contributed by atoms with Gasteiger partial charge in [-0.25, -0.2) is 0 Å². The van der Waals surface area contributed by atoms with E-state index in [-0.39, 0.29) is 45.4 Å². The first kappa shape index (κ1) is 25.2. The molecular weight excluding hydrogens is 424 g/mol. The minimum Gasteiger partial charge on any atom is -0.393 e. The smallest absolute Gasteiger partial charge is 0.138 e. The minimum absolute atomic E-state index is 0.00958. The van der Waals surface area contributed by atoms with E-state index in [0.717, 1.165) is 44.9 Å². The van der Waals surface area contributed by atoms with Crippen molar-refractivity contribution in [2.45, 2.75) is 137 Å². The van der Waals surface area contributed by atoms with Gasteiger partial charge in [0, 0.05) is 11.8 Å². The standard InChI is InChI=1S/C30H50O4/c1-25(2)21-10-15-29(7)24(27(21,5)13-11-22(25)32)20(31)17-19-18(9-14-28(19,29)6)30(8)16-12-23(34-30)26(3,4)33/h18-21,23-24,31,33H,9-17H2,1-8H3/t18-,19?,20+,21?,23-,24?,27-,28+,29+,30+/m0/s1. The SMILES string of the molecule is CC1(C)C(=O)CC[C@@]2(C)C1CC[C@]1(C)C2[C@H](O)CC2[C@@H]([C@@]3(C)CC[C@@H](C(C)(C)O)O3)CC[C@]21C. The van der Waals surface area contributed by atoms with Crippen LogP contribution in [-0.4, -0.2) is 39.4 Å². The largest absolute Gasteiger partial charge is 0.393 e. The number of hydrogen-bond acceptors (Lipinski definition) is 4. The third-order valence-corrected chi connectivity index (χ3v) is 13.0. The van der Waals surface area contributed by atoms with Gasteiger partial charge in [-0.1, -0.05) is 34.6 Å². The van der Waals surface area contributed by atoms with Gasteiger partial charge in [-0.15, -0.1) is 0 Å². The number of fused-ring (bicyclic) bond motifs is 5. The Bertz CT molecular complexity index is 858. The highest BCUT2D eigenvalue weighted by Gasteiger charge is 2.72. The van der Waals surface area contributed by atoms with E-state index in [2.05, 4.69) is 41.5 Å². The molecule has 0 aromatic heterocycles. The molecule has 5 rings (SSSR count). The number of hydrogen-bond donors (Lipinski definition) is 2. The van der Waals surface area contributed by atoms with Crippen molar-refractivity contribution >= 4 is 5.78 Å². The molecule has 0 radical (unpaired) electrons. The molecule has 0 aromatic carbocycles. The van der Waals surface area contributed by atoms with Crippen molar-refractivity contribution in [2.24, 2.45) is 45.3 Å². The maximum absolute atomic E-state index is 12.9. The topological polar surface area (TPSA) is 66.8 Å². The Labute approximate surface area is 207 Å². The molecule has 4 aliphatic carbocycles. The maximum atomic E-state index is 12.9. The minimum atomic E-state index is -0.818. The summed E-state index contributed by atoms with van der Waals surface area (Å²) in [5, 5.41) is 22.6. The first-order valence-corrected chi connectivity index (χ1v) is 14.1. The number of rotatable bonds is 2. The zero-order valence-electron chi connectivity index (χ0n) is 23.0. The van der Waals surface area contributed by atoms with Gasteiger partial charge in [0.25, 0.3) is 0 Å².